The first-order chi connectivity index (χ1) is 15.0. The summed E-state index contributed by atoms with van der Waals surface area (Å²) >= 11 is 1.43. The van der Waals surface area contributed by atoms with Gasteiger partial charge in [-0.15, -0.1) is 5.10 Å². The molecule has 4 aromatic rings. The molecule has 10 nitrogen and oxygen atoms in total. The van der Waals surface area contributed by atoms with Gasteiger partial charge in [-0.2, -0.15) is 4.68 Å². The van der Waals surface area contributed by atoms with Crippen LogP contribution in [-0.4, -0.2) is 39.3 Å². The van der Waals surface area contributed by atoms with Gasteiger partial charge < -0.3 is 4.57 Å². The minimum Gasteiger partial charge on any atom is -0.322 e. The number of aromatic amines is 1. The van der Waals surface area contributed by atoms with E-state index in [0.717, 1.165) is 24.1 Å². The molecule has 0 spiro atoms. The molecule has 0 unspecified atom stereocenters. The molecule has 11 heteroatoms. The van der Waals surface area contributed by atoms with Crippen LogP contribution in [0.3, 0.4) is 0 Å². The molecule has 0 radical (unpaired) electrons. The molecule has 0 bridgehead atoms. The van der Waals surface area contributed by atoms with Gasteiger partial charge in [-0.1, -0.05) is 42.8 Å². The fraction of sp³-hybridized carbons (Fsp3) is 0.400. The maximum absolute atomic E-state index is 12.5. The molecule has 3 heterocycles. The van der Waals surface area contributed by atoms with Gasteiger partial charge in [0.05, 0.1) is 11.4 Å². The number of nitrogens with zero attached hydrogens (tertiary/aromatic N) is 7. The first-order valence-corrected chi connectivity index (χ1v) is 11.2. The number of aryl methyl sites for hydroxylation is 3. The van der Waals surface area contributed by atoms with Gasteiger partial charge in [0.2, 0.25) is 5.16 Å². The largest absolute Gasteiger partial charge is 0.330 e. The van der Waals surface area contributed by atoms with Crippen molar-refractivity contribution in [1.82, 2.24) is 39.3 Å². The van der Waals surface area contributed by atoms with Crippen molar-refractivity contribution in [3.05, 3.63) is 56.5 Å². The van der Waals surface area contributed by atoms with Gasteiger partial charge in [-0.25, -0.2) is 9.78 Å². The Hall–Kier alpha value is -3.21. The summed E-state index contributed by atoms with van der Waals surface area (Å²) in [4.78, 5) is 32.0. The lowest BCUT2D eigenvalue weighted by molar-refractivity contribution is 0.613. The first-order valence-electron chi connectivity index (χ1n) is 10.2. The Bertz CT molecular complexity index is 1320. The van der Waals surface area contributed by atoms with Crippen LogP contribution < -0.4 is 11.2 Å². The number of unbranched alkanes of at least 4 members (excludes halogenated alkanes) is 1. The number of hydrogen-bond acceptors (Lipinski definition) is 7. The standard InChI is InChI=1S/C20H24N8O2S/c1-4-6-11-27-17-16(18(29)22-19(27)30)26(5-2)15(21-17)12-31-20-23-24-25-28(20)14-9-7-13(3)8-10-14/h7-10H,4-6,11-12H2,1-3H3,(H,22,29,30). The van der Waals surface area contributed by atoms with Crippen molar-refractivity contribution in [2.45, 2.75) is 57.6 Å². The fourth-order valence-corrected chi connectivity index (χ4v) is 4.28. The number of H-pyrrole nitrogens is 1. The summed E-state index contributed by atoms with van der Waals surface area (Å²) in [6, 6.07) is 7.93. The van der Waals surface area contributed by atoms with Crippen molar-refractivity contribution >= 4 is 22.9 Å². The van der Waals surface area contributed by atoms with E-state index in [9.17, 15) is 9.59 Å². The minimum absolute atomic E-state index is 0.414. The summed E-state index contributed by atoms with van der Waals surface area (Å²) in [7, 11) is 0. The summed E-state index contributed by atoms with van der Waals surface area (Å²) < 4.78 is 5.08. The van der Waals surface area contributed by atoms with E-state index in [1.54, 1.807) is 9.25 Å². The van der Waals surface area contributed by atoms with E-state index in [-0.39, 0.29) is 0 Å². The van der Waals surface area contributed by atoms with Crippen LogP contribution in [0.5, 0.6) is 0 Å². The molecule has 0 aliphatic carbocycles. The molecule has 0 atom stereocenters. The number of benzene rings is 1. The monoisotopic (exact) mass is 440 g/mol. The number of fused-ring (bicyclic) bond motifs is 1. The molecule has 0 saturated heterocycles. The highest BCUT2D eigenvalue weighted by atomic mass is 32.2. The highest BCUT2D eigenvalue weighted by Gasteiger charge is 2.19. The third-order valence-electron chi connectivity index (χ3n) is 5.07. The average Bonchev–Trinajstić information content (AvgIpc) is 3.37. The van der Waals surface area contributed by atoms with E-state index in [2.05, 4.69) is 32.4 Å². The minimum atomic E-state index is -0.422. The molecule has 0 saturated carbocycles. The van der Waals surface area contributed by atoms with Crippen molar-refractivity contribution in [2.75, 3.05) is 0 Å². The quantitative estimate of drug-likeness (QED) is 0.418. The third-order valence-corrected chi connectivity index (χ3v) is 5.98. The van der Waals surface area contributed by atoms with E-state index in [1.165, 1.54) is 11.8 Å². The summed E-state index contributed by atoms with van der Waals surface area (Å²) in [6.07, 6.45) is 1.77. The average molecular weight is 441 g/mol. The van der Waals surface area contributed by atoms with Crippen LogP contribution in [0.25, 0.3) is 16.9 Å². The van der Waals surface area contributed by atoms with Crippen molar-refractivity contribution in [3.63, 3.8) is 0 Å². The van der Waals surface area contributed by atoms with E-state index in [4.69, 9.17) is 0 Å². The smallest absolute Gasteiger partial charge is 0.322 e. The summed E-state index contributed by atoms with van der Waals surface area (Å²) in [5.74, 6) is 1.15. The molecule has 4 rings (SSSR count). The number of imidazole rings is 1. The van der Waals surface area contributed by atoms with Gasteiger partial charge in [0, 0.05) is 13.1 Å². The molecular formula is C20H24N8O2S. The molecule has 0 aliphatic heterocycles. The molecule has 0 amide bonds. The summed E-state index contributed by atoms with van der Waals surface area (Å²) in [6.45, 7) is 7.10. The number of hydrogen-bond donors (Lipinski definition) is 1. The van der Waals surface area contributed by atoms with Gasteiger partial charge in [0.15, 0.2) is 11.2 Å². The zero-order valence-corrected chi connectivity index (χ0v) is 18.5. The van der Waals surface area contributed by atoms with Crippen molar-refractivity contribution in [3.8, 4) is 5.69 Å². The Labute approximate surface area is 182 Å². The number of rotatable bonds is 8. The Morgan fingerprint density at radius 1 is 1.10 bits per heavy atom. The first kappa shape index (κ1) is 21.0. The number of aromatic nitrogens is 8. The second-order valence-electron chi connectivity index (χ2n) is 7.21. The van der Waals surface area contributed by atoms with Crippen molar-refractivity contribution in [1.29, 1.82) is 0 Å². The highest BCUT2D eigenvalue weighted by Crippen LogP contribution is 2.24. The van der Waals surface area contributed by atoms with Crippen LogP contribution in [0.1, 0.15) is 38.1 Å². The molecule has 0 fully saturated rings. The van der Waals surface area contributed by atoms with Crippen molar-refractivity contribution < 1.29 is 0 Å². The third kappa shape index (κ3) is 4.05. The topological polar surface area (TPSA) is 116 Å². The maximum Gasteiger partial charge on any atom is 0.330 e. The zero-order chi connectivity index (χ0) is 22.0. The van der Waals surface area contributed by atoms with E-state index in [1.807, 2.05) is 42.7 Å². The number of nitrogens with one attached hydrogen (secondary N) is 1. The second-order valence-corrected chi connectivity index (χ2v) is 8.15. The summed E-state index contributed by atoms with van der Waals surface area (Å²) in [5, 5.41) is 12.7. The van der Waals surface area contributed by atoms with E-state index >= 15 is 0 Å². The van der Waals surface area contributed by atoms with Crippen molar-refractivity contribution in [2.24, 2.45) is 0 Å². The predicted molar refractivity (Wildman–Crippen MR) is 119 cm³/mol. The molecule has 1 aromatic carbocycles. The second kappa shape index (κ2) is 8.88. The SMILES string of the molecule is CCCCn1c(=O)[nH]c(=O)c2c1nc(CSc1nnnn1-c1ccc(C)cc1)n2CC. The molecule has 162 valence electrons. The Balaban J connectivity index is 1.69. The number of tetrazole rings is 1. The molecule has 3 aromatic heterocycles. The Kier molecular flexibility index (Phi) is 6.03. The number of thioether (sulfide) groups is 1. The van der Waals surface area contributed by atoms with Crippen LogP contribution in [-0.2, 0) is 18.8 Å². The molecule has 0 aliphatic rings. The zero-order valence-electron chi connectivity index (χ0n) is 17.7. The van der Waals surface area contributed by atoms with Gasteiger partial charge in [-0.05, 0) is 42.8 Å². The Morgan fingerprint density at radius 3 is 2.58 bits per heavy atom. The fourth-order valence-electron chi connectivity index (χ4n) is 3.44. The Morgan fingerprint density at radius 2 is 1.87 bits per heavy atom. The highest BCUT2D eigenvalue weighted by molar-refractivity contribution is 7.98. The van der Waals surface area contributed by atoms with Gasteiger partial charge in [0.25, 0.3) is 5.56 Å². The van der Waals surface area contributed by atoms with E-state index in [0.29, 0.717) is 41.0 Å². The maximum atomic E-state index is 12.5. The molecule has 31 heavy (non-hydrogen) atoms. The normalized spacial score (nSPS) is 11.5. The van der Waals surface area contributed by atoms with Crippen LogP contribution in [0.15, 0.2) is 39.0 Å². The molecule has 1 N–H and O–H groups in total. The lowest BCUT2D eigenvalue weighted by Crippen LogP contribution is -2.31. The predicted octanol–water partition coefficient (Wildman–Crippen LogP) is 2.28. The molecular weight excluding hydrogens is 416 g/mol. The lowest BCUT2D eigenvalue weighted by atomic mass is 10.2. The van der Waals surface area contributed by atoms with Crippen LogP contribution >= 0.6 is 11.8 Å². The summed E-state index contributed by atoms with van der Waals surface area (Å²) in [5.41, 5.74) is 2.04. The lowest BCUT2D eigenvalue weighted by Gasteiger charge is -2.07. The van der Waals surface area contributed by atoms with Gasteiger partial charge >= 0.3 is 5.69 Å². The van der Waals surface area contributed by atoms with Crippen LogP contribution in [0, 0.1) is 6.92 Å². The van der Waals surface area contributed by atoms with E-state index < -0.39 is 11.2 Å². The van der Waals surface area contributed by atoms with Crippen LogP contribution in [0.2, 0.25) is 0 Å². The van der Waals surface area contributed by atoms with Crippen LogP contribution in [0.4, 0.5) is 0 Å². The van der Waals surface area contributed by atoms with Gasteiger partial charge in [-0.3, -0.25) is 14.3 Å². The van der Waals surface area contributed by atoms with Gasteiger partial charge in [0.1, 0.15) is 5.82 Å².